The Bertz CT molecular complexity index is 533. The smallest absolute Gasteiger partial charge is 0.256 e. The van der Waals surface area contributed by atoms with E-state index in [1.54, 1.807) is 0 Å². The molecule has 1 saturated carbocycles. The Hall–Kier alpha value is -2.09. The van der Waals surface area contributed by atoms with Crippen LogP contribution in [0.5, 0.6) is 5.75 Å². The van der Waals surface area contributed by atoms with Crippen LogP contribution in [0.2, 0.25) is 0 Å². The van der Waals surface area contributed by atoms with Crippen LogP contribution in [0.25, 0.3) is 0 Å². The molecule has 1 fully saturated rings. The molecular weight excluding hydrogens is 259 g/mol. The molecule has 0 radical (unpaired) electrons. The number of nitrogens with zero attached hydrogens (tertiary/aromatic N) is 1. The van der Waals surface area contributed by atoms with Gasteiger partial charge in [0.05, 0.1) is 11.6 Å². The minimum Gasteiger partial charge on any atom is -0.507 e. The predicted octanol–water partition coefficient (Wildman–Crippen LogP) is 2.73. The average Bonchev–Trinajstić information content (AvgIpc) is 2.48. The van der Waals surface area contributed by atoms with E-state index in [9.17, 15) is 19.6 Å². The fourth-order valence-corrected chi connectivity index (χ4v) is 2.63. The fraction of sp³-hybridized carbons (Fsp3) is 0.467. The summed E-state index contributed by atoms with van der Waals surface area (Å²) >= 11 is 0. The lowest BCUT2D eigenvalue weighted by atomic mass is 9.84. The summed E-state index contributed by atoms with van der Waals surface area (Å²) in [6, 6.07) is 4.69. The van der Waals surface area contributed by atoms with Crippen molar-refractivity contribution >= 4 is 5.91 Å². The Balaban J connectivity index is 2.09. The zero-order valence-corrected chi connectivity index (χ0v) is 11.1. The zero-order valence-electron chi connectivity index (χ0n) is 11.1. The summed E-state index contributed by atoms with van der Waals surface area (Å²) < 4.78 is 13.1. The minimum absolute atomic E-state index is 0.133. The topological polar surface area (TPSA) is 73.1 Å². The molecule has 2 N–H and O–H groups in total. The van der Waals surface area contributed by atoms with Gasteiger partial charge in [-0.2, -0.15) is 5.26 Å². The van der Waals surface area contributed by atoms with Crippen molar-refractivity contribution < 1.29 is 14.3 Å². The van der Waals surface area contributed by atoms with Gasteiger partial charge in [0.15, 0.2) is 0 Å². The standard InChI is InChI=1S/C15H17FN2O2/c16-11-6-7-14(19)12(8-11)15(20)18-13(9-17)10-4-2-1-3-5-10/h6-8,10,13,19H,1-5H2,(H,18,20). The summed E-state index contributed by atoms with van der Waals surface area (Å²) in [4.78, 5) is 12.0. The van der Waals surface area contributed by atoms with Gasteiger partial charge >= 0.3 is 0 Å². The summed E-state index contributed by atoms with van der Waals surface area (Å²) in [5, 5.41) is 21.4. The van der Waals surface area contributed by atoms with Gasteiger partial charge in [0.25, 0.3) is 5.91 Å². The van der Waals surface area contributed by atoms with Crippen molar-refractivity contribution in [2.45, 2.75) is 38.1 Å². The Labute approximate surface area is 117 Å². The van der Waals surface area contributed by atoms with Gasteiger partial charge in [-0.3, -0.25) is 4.79 Å². The highest BCUT2D eigenvalue weighted by Gasteiger charge is 2.26. The molecule has 0 bridgehead atoms. The van der Waals surface area contributed by atoms with Gasteiger partial charge in [-0.1, -0.05) is 19.3 Å². The molecule has 1 aliphatic carbocycles. The van der Waals surface area contributed by atoms with Crippen LogP contribution in [0.4, 0.5) is 4.39 Å². The molecule has 1 aromatic carbocycles. The monoisotopic (exact) mass is 276 g/mol. The number of hydrogen-bond donors (Lipinski definition) is 2. The third-order valence-corrected chi connectivity index (χ3v) is 3.75. The van der Waals surface area contributed by atoms with E-state index in [0.717, 1.165) is 50.3 Å². The lowest BCUT2D eigenvalue weighted by Crippen LogP contribution is -2.40. The largest absolute Gasteiger partial charge is 0.507 e. The molecular formula is C15H17FN2O2. The molecule has 0 aliphatic heterocycles. The van der Waals surface area contributed by atoms with Crippen molar-refractivity contribution in [3.63, 3.8) is 0 Å². The number of nitrogens with one attached hydrogen (secondary N) is 1. The predicted molar refractivity (Wildman–Crippen MR) is 71.5 cm³/mol. The number of aromatic hydroxyl groups is 1. The van der Waals surface area contributed by atoms with Crippen LogP contribution in [0, 0.1) is 23.1 Å². The molecule has 0 heterocycles. The molecule has 20 heavy (non-hydrogen) atoms. The van der Waals surface area contributed by atoms with Gasteiger partial charge in [-0.15, -0.1) is 0 Å². The van der Waals surface area contributed by atoms with E-state index >= 15 is 0 Å². The number of nitriles is 1. The molecule has 1 atom stereocenters. The van der Waals surface area contributed by atoms with Crippen LogP contribution in [-0.2, 0) is 0 Å². The van der Waals surface area contributed by atoms with Crippen molar-refractivity contribution in [3.8, 4) is 11.8 Å². The van der Waals surface area contributed by atoms with Crippen LogP contribution in [-0.4, -0.2) is 17.1 Å². The number of hydrogen-bond acceptors (Lipinski definition) is 3. The highest BCUT2D eigenvalue weighted by molar-refractivity contribution is 5.97. The van der Waals surface area contributed by atoms with Crippen LogP contribution >= 0.6 is 0 Å². The number of carbonyl (C=O) groups is 1. The van der Waals surface area contributed by atoms with Crippen molar-refractivity contribution in [2.75, 3.05) is 0 Å². The van der Waals surface area contributed by atoms with Crippen LogP contribution in [0.15, 0.2) is 18.2 Å². The Kier molecular flexibility index (Phi) is 4.57. The van der Waals surface area contributed by atoms with Crippen molar-refractivity contribution in [2.24, 2.45) is 5.92 Å². The highest BCUT2D eigenvalue weighted by atomic mass is 19.1. The van der Waals surface area contributed by atoms with Crippen molar-refractivity contribution in [3.05, 3.63) is 29.6 Å². The highest BCUT2D eigenvalue weighted by Crippen LogP contribution is 2.27. The molecule has 2 rings (SSSR count). The molecule has 1 amide bonds. The first-order valence-electron chi connectivity index (χ1n) is 6.81. The van der Waals surface area contributed by atoms with Gasteiger partial charge < -0.3 is 10.4 Å². The Morgan fingerprint density at radius 1 is 1.40 bits per heavy atom. The third kappa shape index (κ3) is 3.27. The summed E-state index contributed by atoms with van der Waals surface area (Å²) in [5.74, 6) is -1.36. The SMILES string of the molecule is N#CC(NC(=O)c1cc(F)ccc1O)C1CCCCC1. The van der Waals surface area contributed by atoms with Gasteiger partial charge in [-0.05, 0) is 37.0 Å². The first-order valence-corrected chi connectivity index (χ1v) is 6.81. The molecule has 1 unspecified atom stereocenters. The van der Waals surface area contributed by atoms with Crippen LogP contribution < -0.4 is 5.32 Å². The third-order valence-electron chi connectivity index (χ3n) is 3.75. The maximum absolute atomic E-state index is 13.1. The van der Waals surface area contributed by atoms with E-state index in [1.807, 2.05) is 0 Å². The number of phenols is 1. The quantitative estimate of drug-likeness (QED) is 0.891. The van der Waals surface area contributed by atoms with E-state index in [0.29, 0.717) is 0 Å². The van der Waals surface area contributed by atoms with E-state index in [1.165, 1.54) is 0 Å². The fourth-order valence-electron chi connectivity index (χ4n) is 2.63. The minimum atomic E-state index is -0.612. The number of halogens is 1. The maximum atomic E-state index is 13.1. The van der Waals surface area contributed by atoms with E-state index in [4.69, 9.17) is 0 Å². The Morgan fingerprint density at radius 3 is 2.75 bits per heavy atom. The molecule has 1 aliphatic rings. The lowest BCUT2D eigenvalue weighted by molar-refractivity contribution is 0.0925. The second-order valence-corrected chi connectivity index (χ2v) is 5.14. The van der Waals surface area contributed by atoms with E-state index in [2.05, 4.69) is 11.4 Å². The normalized spacial score (nSPS) is 17.2. The number of carbonyl (C=O) groups excluding carboxylic acids is 1. The van der Waals surface area contributed by atoms with Crippen LogP contribution in [0.1, 0.15) is 42.5 Å². The van der Waals surface area contributed by atoms with Crippen LogP contribution in [0.3, 0.4) is 0 Å². The summed E-state index contributed by atoms with van der Waals surface area (Å²) in [6.07, 6.45) is 5.10. The van der Waals surface area contributed by atoms with Gasteiger partial charge in [-0.25, -0.2) is 4.39 Å². The first kappa shape index (κ1) is 14.3. The number of rotatable bonds is 3. The zero-order chi connectivity index (χ0) is 14.5. The average molecular weight is 276 g/mol. The molecule has 0 spiro atoms. The second-order valence-electron chi connectivity index (χ2n) is 5.14. The first-order chi connectivity index (χ1) is 9.61. The van der Waals surface area contributed by atoms with E-state index in [-0.39, 0.29) is 17.2 Å². The maximum Gasteiger partial charge on any atom is 0.256 e. The lowest BCUT2D eigenvalue weighted by Gasteiger charge is -2.26. The molecule has 5 heteroatoms. The molecule has 0 saturated heterocycles. The number of amides is 1. The summed E-state index contributed by atoms with van der Waals surface area (Å²) in [5.41, 5.74) is -0.138. The molecule has 4 nitrogen and oxygen atoms in total. The molecule has 106 valence electrons. The molecule has 1 aromatic rings. The van der Waals surface area contributed by atoms with Gasteiger partial charge in [0.2, 0.25) is 0 Å². The number of benzene rings is 1. The van der Waals surface area contributed by atoms with Crippen molar-refractivity contribution in [1.82, 2.24) is 5.32 Å². The van der Waals surface area contributed by atoms with E-state index < -0.39 is 17.8 Å². The number of phenolic OH excluding ortho intramolecular Hbond substituents is 1. The summed E-state index contributed by atoms with van der Waals surface area (Å²) in [6.45, 7) is 0. The van der Waals surface area contributed by atoms with Gasteiger partial charge in [0, 0.05) is 0 Å². The summed E-state index contributed by atoms with van der Waals surface area (Å²) in [7, 11) is 0. The van der Waals surface area contributed by atoms with Gasteiger partial charge in [0.1, 0.15) is 17.6 Å². The Morgan fingerprint density at radius 2 is 2.10 bits per heavy atom. The second kappa shape index (κ2) is 6.38. The molecule has 0 aromatic heterocycles. The van der Waals surface area contributed by atoms with Crippen molar-refractivity contribution in [1.29, 1.82) is 5.26 Å².